The van der Waals surface area contributed by atoms with Gasteiger partial charge in [0.05, 0.1) is 16.7 Å². The van der Waals surface area contributed by atoms with Gasteiger partial charge in [0.15, 0.2) is 17.5 Å². The average Bonchev–Trinajstić information content (AvgIpc) is 3.83. The highest BCUT2D eigenvalue weighted by Gasteiger charge is 2.19. The van der Waals surface area contributed by atoms with Crippen LogP contribution in [-0.4, -0.2) is 19.5 Å². The quantitative estimate of drug-likeness (QED) is 0.171. The Morgan fingerprint density at radius 2 is 0.857 bits per heavy atom. The molecule has 11 aromatic rings. The molecule has 0 bridgehead atoms. The first-order valence-corrected chi connectivity index (χ1v) is 19.6. The van der Waals surface area contributed by atoms with Gasteiger partial charge in [0.1, 0.15) is 0 Å². The van der Waals surface area contributed by atoms with Gasteiger partial charge < -0.3 is 4.57 Å². The van der Waals surface area contributed by atoms with Gasteiger partial charge in [0.2, 0.25) is 0 Å². The number of rotatable bonds is 6. The number of thiophene rings is 1. The first kappa shape index (κ1) is 32.2. The Labute approximate surface area is 327 Å². The summed E-state index contributed by atoms with van der Waals surface area (Å²) in [7, 11) is 0. The Hall–Kier alpha value is -7.21. The molecule has 4 nitrogen and oxygen atoms in total. The van der Waals surface area contributed by atoms with Crippen molar-refractivity contribution in [3.8, 4) is 62.1 Å². The van der Waals surface area contributed by atoms with E-state index in [1.807, 2.05) is 29.5 Å². The van der Waals surface area contributed by atoms with E-state index in [0.717, 1.165) is 50.1 Å². The van der Waals surface area contributed by atoms with E-state index in [2.05, 4.69) is 180 Å². The van der Waals surface area contributed by atoms with E-state index in [1.165, 1.54) is 36.5 Å². The Bertz CT molecular complexity index is 3200. The third-order valence-corrected chi connectivity index (χ3v) is 11.8. The van der Waals surface area contributed by atoms with Crippen LogP contribution in [0.15, 0.2) is 194 Å². The lowest BCUT2D eigenvalue weighted by Gasteiger charge is -2.16. The zero-order valence-electron chi connectivity index (χ0n) is 30.2. The van der Waals surface area contributed by atoms with Crippen LogP contribution in [0.3, 0.4) is 0 Å². The van der Waals surface area contributed by atoms with Gasteiger partial charge in [-0.15, -0.1) is 11.3 Å². The third kappa shape index (κ3) is 5.40. The Balaban J connectivity index is 1.13. The van der Waals surface area contributed by atoms with Crippen molar-refractivity contribution in [2.45, 2.75) is 0 Å². The molecule has 262 valence electrons. The molecule has 0 aliphatic carbocycles. The molecule has 0 saturated heterocycles. The molecule has 11 rings (SSSR count). The van der Waals surface area contributed by atoms with Gasteiger partial charge in [-0.3, -0.25) is 0 Å². The first-order valence-electron chi connectivity index (χ1n) is 18.8. The van der Waals surface area contributed by atoms with Crippen molar-refractivity contribution in [1.82, 2.24) is 19.5 Å². The van der Waals surface area contributed by atoms with Crippen LogP contribution >= 0.6 is 11.3 Å². The van der Waals surface area contributed by atoms with Crippen LogP contribution in [0.2, 0.25) is 0 Å². The molecule has 0 fully saturated rings. The van der Waals surface area contributed by atoms with Crippen molar-refractivity contribution in [2.24, 2.45) is 0 Å². The number of fused-ring (bicyclic) bond motifs is 6. The maximum atomic E-state index is 5.26. The van der Waals surface area contributed by atoms with Gasteiger partial charge in [-0.1, -0.05) is 158 Å². The van der Waals surface area contributed by atoms with Crippen LogP contribution in [0.25, 0.3) is 104 Å². The highest BCUT2D eigenvalue weighted by molar-refractivity contribution is 7.25. The fourth-order valence-electron chi connectivity index (χ4n) is 8.09. The second kappa shape index (κ2) is 13.3. The summed E-state index contributed by atoms with van der Waals surface area (Å²) < 4.78 is 4.95. The molecule has 0 spiro atoms. The number of nitrogens with zero attached hydrogens (tertiary/aromatic N) is 4. The third-order valence-electron chi connectivity index (χ3n) is 10.7. The Morgan fingerprint density at radius 3 is 1.57 bits per heavy atom. The summed E-state index contributed by atoms with van der Waals surface area (Å²) in [4.78, 5) is 15.6. The maximum Gasteiger partial charge on any atom is 0.164 e. The number of aromatic nitrogens is 4. The van der Waals surface area contributed by atoms with E-state index < -0.39 is 0 Å². The van der Waals surface area contributed by atoms with Crippen molar-refractivity contribution < 1.29 is 0 Å². The van der Waals surface area contributed by atoms with Gasteiger partial charge in [-0.2, -0.15) is 0 Å². The van der Waals surface area contributed by atoms with Crippen LogP contribution in [0.5, 0.6) is 0 Å². The normalized spacial score (nSPS) is 11.6. The standard InChI is InChI=1S/C51H32N4S/c1-3-15-33(16-4-1)38-30-29-37(32-45(38)55-43-25-10-7-21-40(43)41-22-8-11-26-44(41)55)51-53-49(34-17-5-2-6-18-34)52-50(54-51)36-20-13-19-35(31-36)39-24-14-28-47-48(39)42-23-9-12-27-46(42)56-47/h1-32H. The van der Waals surface area contributed by atoms with Gasteiger partial charge in [0.25, 0.3) is 0 Å². The van der Waals surface area contributed by atoms with Crippen molar-refractivity contribution >= 4 is 53.3 Å². The second-order valence-electron chi connectivity index (χ2n) is 14.0. The molecule has 5 heteroatoms. The van der Waals surface area contributed by atoms with E-state index >= 15 is 0 Å². The fourth-order valence-corrected chi connectivity index (χ4v) is 9.22. The summed E-state index contributed by atoms with van der Waals surface area (Å²) >= 11 is 1.84. The van der Waals surface area contributed by atoms with Crippen molar-refractivity contribution in [3.05, 3.63) is 194 Å². The number of benzene rings is 8. The SMILES string of the molecule is c1ccc(-c2nc(-c3cccc(-c4cccc5sc6ccccc6c45)c3)nc(-c3ccc(-c4ccccc4)c(-n4c5ccccc5c5ccccc54)c3)n2)cc1. The largest absolute Gasteiger partial charge is 0.309 e. The zero-order chi connectivity index (χ0) is 37.0. The van der Waals surface area contributed by atoms with Gasteiger partial charge in [0, 0.05) is 53.2 Å². The minimum atomic E-state index is 0.617. The highest BCUT2D eigenvalue weighted by Crippen LogP contribution is 2.41. The lowest BCUT2D eigenvalue weighted by molar-refractivity contribution is 1.07. The molecule has 0 radical (unpaired) electrons. The molecule has 0 unspecified atom stereocenters. The summed E-state index contributed by atoms with van der Waals surface area (Å²) in [6.45, 7) is 0. The van der Waals surface area contributed by atoms with Crippen molar-refractivity contribution in [3.63, 3.8) is 0 Å². The topological polar surface area (TPSA) is 43.6 Å². The number of hydrogen-bond donors (Lipinski definition) is 0. The molecule has 3 aromatic heterocycles. The fraction of sp³-hybridized carbons (Fsp3) is 0. The van der Waals surface area contributed by atoms with Crippen LogP contribution in [0.4, 0.5) is 0 Å². The monoisotopic (exact) mass is 732 g/mol. The minimum Gasteiger partial charge on any atom is -0.309 e. The van der Waals surface area contributed by atoms with Gasteiger partial charge >= 0.3 is 0 Å². The first-order chi connectivity index (χ1) is 27.8. The van der Waals surface area contributed by atoms with Crippen LogP contribution in [-0.2, 0) is 0 Å². The highest BCUT2D eigenvalue weighted by atomic mass is 32.1. The molecule has 0 aliphatic rings. The van der Waals surface area contributed by atoms with Crippen molar-refractivity contribution in [2.75, 3.05) is 0 Å². The molecule has 0 saturated carbocycles. The van der Waals surface area contributed by atoms with E-state index in [1.54, 1.807) is 0 Å². The summed E-state index contributed by atoms with van der Waals surface area (Å²) in [5.74, 6) is 1.88. The predicted molar refractivity (Wildman–Crippen MR) is 234 cm³/mol. The smallest absolute Gasteiger partial charge is 0.164 e. The summed E-state index contributed by atoms with van der Waals surface area (Å²) in [6.07, 6.45) is 0. The van der Waals surface area contributed by atoms with E-state index in [-0.39, 0.29) is 0 Å². The van der Waals surface area contributed by atoms with Crippen LogP contribution in [0, 0.1) is 0 Å². The van der Waals surface area contributed by atoms with E-state index in [9.17, 15) is 0 Å². The lowest BCUT2D eigenvalue weighted by Crippen LogP contribution is -2.02. The van der Waals surface area contributed by atoms with E-state index in [4.69, 9.17) is 15.0 Å². The lowest BCUT2D eigenvalue weighted by atomic mass is 9.98. The molecule has 3 heterocycles. The molecule has 0 aliphatic heterocycles. The predicted octanol–water partition coefficient (Wildman–Crippen LogP) is 13.7. The molecule has 0 atom stereocenters. The van der Waals surface area contributed by atoms with E-state index in [0.29, 0.717) is 17.5 Å². The van der Waals surface area contributed by atoms with Crippen LogP contribution < -0.4 is 0 Å². The Kier molecular flexibility index (Phi) is 7.64. The average molecular weight is 733 g/mol. The summed E-state index contributed by atoms with van der Waals surface area (Å²) in [6, 6.07) is 68.6. The molecule has 0 N–H and O–H groups in total. The zero-order valence-corrected chi connectivity index (χ0v) is 31.0. The Morgan fingerprint density at radius 1 is 0.339 bits per heavy atom. The molecular weight excluding hydrogens is 701 g/mol. The number of para-hydroxylation sites is 2. The summed E-state index contributed by atoms with van der Waals surface area (Å²) in [5.41, 5.74) is 10.7. The molecule has 0 amide bonds. The molecule has 56 heavy (non-hydrogen) atoms. The van der Waals surface area contributed by atoms with Crippen molar-refractivity contribution in [1.29, 1.82) is 0 Å². The van der Waals surface area contributed by atoms with Crippen LogP contribution in [0.1, 0.15) is 0 Å². The minimum absolute atomic E-state index is 0.617. The second-order valence-corrected chi connectivity index (χ2v) is 15.1. The van der Waals surface area contributed by atoms with Gasteiger partial charge in [-0.05, 0) is 53.1 Å². The van der Waals surface area contributed by atoms with Gasteiger partial charge in [-0.25, -0.2) is 15.0 Å². The summed E-state index contributed by atoms with van der Waals surface area (Å²) in [5, 5.41) is 4.99. The maximum absolute atomic E-state index is 5.26. The molecule has 8 aromatic carbocycles. The molecular formula is C51H32N4S. The number of hydrogen-bond acceptors (Lipinski definition) is 4.